The molecular weight excluding hydrogens is 316 g/mol. The molecule has 0 atom stereocenters. The Morgan fingerprint density at radius 2 is 2.29 bits per heavy atom. The molecule has 0 saturated heterocycles. The van der Waals surface area contributed by atoms with E-state index in [1.54, 1.807) is 24.0 Å². The number of hydrogen-bond acceptors (Lipinski definition) is 7. The number of ether oxygens (including phenoxy) is 1. The highest BCUT2D eigenvalue weighted by atomic mass is 32.2. The summed E-state index contributed by atoms with van der Waals surface area (Å²) in [6, 6.07) is 1.81. The van der Waals surface area contributed by atoms with Crippen molar-refractivity contribution < 1.29 is 17.9 Å². The zero-order valence-corrected chi connectivity index (χ0v) is 13.1. The summed E-state index contributed by atoms with van der Waals surface area (Å²) >= 11 is 0.871. The van der Waals surface area contributed by atoms with E-state index >= 15 is 0 Å². The predicted molar refractivity (Wildman–Crippen MR) is 75.6 cm³/mol. The highest BCUT2D eigenvalue weighted by Gasteiger charge is 2.26. The van der Waals surface area contributed by atoms with Crippen molar-refractivity contribution in [3.05, 3.63) is 29.2 Å². The van der Waals surface area contributed by atoms with Crippen LogP contribution >= 0.6 is 11.3 Å². The fourth-order valence-corrected chi connectivity index (χ4v) is 3.89. The Morgan fingerprint density at radius 3 is 2.90 bits per heavy atom. The van der Waals surface area contributed by atoms with E-state index in [-0.39, 0.29) is 16.4 Å². The molecule has 2 aromatic rings. The second-order valence-corrected chi connectivity index (χ2v) is 6.89. The SMILES string of the molecule is COC(=O)c1ncsc1S(=O)(=O)NCCc1ccnn1C. The van der Waals surface area contributed by atoms with Gasteiger partial charge in [0.15, 0.2) is 9.90 Å². The third-order valence-electron chi connectivity index (χ3n) is 2.75. The summed E-state index contributed by atoms with van der Waals surface area (Å²) in [4.78, 5) is 15.2. The van der Waals surface area contributed by atoms with Crippen LogP contribution in [0.25, 0.3) is 0 Å². The lowest BCUT2D eigenvalue weighted by atomic mass is 10.3. The van der Waals surface area contributed by atoms with E-state index in [2.05, 4.69) is 19.5 Å². The number of carbonyl (C=O) groups excluding carboxylic acids is 1. The lowest BCUT2D eigenvalue weighted by Gasteiger charge is -2.06. The maximum Gasteiger partial charge on any atom is 0.358 e. The molecule has 21 heavy (non-hydrogen) atoms. The van der Waals surface area contributed by atoms with Crippen LogP contribution in [-0.4, -0.2) is 42.8 Å². The summed E-state index contributed by atoms with van der Waals surface area (Å²) < 4.78 is 32.8. The zero-order valence-electron chi connectivity index (χ0n) is 11.4. The lowest BCUT2D eigenvalue weighted by Crippen LogP contribution is -2.27. The van der Waals surface area contributed by atoms with Crippen LogP contribution in [0.5, 0.6) is 0 Å². The monoisotopic (exact) mass is 330 g/mol. The summed E-state index contributed by atoms with van der Waals surface area (Å²) in [5.74, 6) is -0.775. The number of hydrogen-bond donors (Lipinski definition) is 1. The van der Waals surface area contributed by atoms with Crippen LogP contribution in [0.2, 0.25) is 0 Å². The molecule has 0 radical (unpaired) electrons. The summed E-state index contributed by atoms with van der Waals surface area (Å²) in [5, 5.41) is 4.00. The third-order valence-corrected chi connectivity index (χ3v) is 5.58. The molecule has 2 aromatic heterocycles. The number of nitrogens with one attached hydrogen (secondary N) is 1. The van der Waals surface area contributed by atoms with Gasteiger partial charge >= 0.3 is 5.97 Å². The first-order chi connectivity index (χ1) is 9.95. The Balaban J connectivity index is 2.07. The highest BCUT2D eigenvalue weighted by molar-refractivity contribution is 7.91. The van der Waals surface area contributed by atoms with Gasteiger partial charge in [-0.2, -0.15) is 5.10 Å². The molecule has 0 unspecified atom stereocenters. The molecule has 10 heteroatoms. The minimum Gasteiger partial charge on any atom is -0.464 e. The highest BCUT2D eigenvalue weighted by Crippen LogP contribution is 2.20. The van der Waals surface area contributed by atoms with Gasteiger partial charge in [0.25, 0.3) is 10.0 Å². The molecule has 0 amide bonds. The molecule has 0 saturated carbocycles. The molecular formula is C11H14N4O4S2. The number of carbonyl (C=O) groups is 1. The van der Waals surface area contributed by atoms with E-state index in [0.717, 1.165) is 17.0 Å². The Bertz CT molecular complexity index is 735. The Kier molecular flexibility index (Phi) is 4.70. The van der Waals surface area contributed by atoms with Gasteiger partial charge in [0, 0.05) is 31.9 Å². The number of aryl methyl sites for hydroxylation is 1. The van der Waals surface area contributed by atoms with Gasteiger partial charge in [-0.15, -0.1) is 11.3 Å². The van der Waals surface area contributed by atoms with Crippen LogP contribution in [0.3, 0.4) is 0 Å². The van der Waals surface area contributed by atoms with Crippen LogP contribution in [0.4, 0.5) is 0 Å². The molecule has 0 spiro atoms. The number of nitrogens with zero attached hydrogens (tertiary/aromatic N) is 3. The van der Waals surface area contributed by atoms with E-state index in [0.29, 0.717) is 6.42 Å². The predicted octanol–water partition coefficient (Wildman–Crippen LogP) is 0.184. The van der Waals surface area contributed by atoms with Crippen LogP contribution in [0.15, 0.2) is 22.0 Å². The van der Waals surface area contributed by atoms with E-state index in [4.69, 9.17) is 0 Å². The fraction of sp³-hybridized carbons (Fsp3) is 0.364. The zero-order chi connectivity index (χ0) is 15.5. The topological polar surface area (TPSA) is 103 Å². The standard InChI is InChI=1S/C11H14N4O4S2/c1-15-8(3-5-13-15)4-6-14-21(17,18)11-9(10(16)19-2)12-7-20-11/h3,5,7,14H,4,6H2,1-2H3. The number of aromatic nitrogens is 3. The molecule has 0 bridgehead atoms. The molecule has 8 nitrogen and oxygen atoms in total. The van der Waals surface area contributed by atoms with Crippen LogP contribution in [-0.2, 0) is 28.2 Å². The molecule has 114 valence electrons. The van der Waals surface area contributed by atoms with E-state index in [1.165, 1.54) is 12.6 Å². The van der Waals surface area contributed by atoms with Crippen LogP contribution in [0.1, 0.15) is 16.2 Å². The van der Waals surface area contributed by atoms with Crippen molar-refractivity contribution in [3.63, 3.8) is 0 Å². The summed E-state index contributed by atoms with van der Waals surface area (Å²) in [6.07, 6.45) is 2.13. The molecule has 0 aliphatic rings. The van der Waals surface area contributed by atoms with E-state index in [1.807, 2.05) is 0 Å². The number of rotatable bonds is 6. The Hall–Kier alpha value is -1.78. The smallest absolute Gasteiger partial charge is 0.358 e. The Labute approximate surface area is 125 Å². The second kappa shape index (κ2) is 6.33. The van der Waals surface area contributed by atoms with Crippen LogP contribution < -0.4 is 4.72 Å². The maximum atomic E-state index is 12.2. The average molecular weight is 330 g/mol. The first-order valence-electron chi connectivity index (χ1n) is 5.94. The van der Waals surface area contributed by atoms with Crippen molar-refractivity contribution in [1.82, 2.24) is 19.5 Å². The van der Waals surface area contributed by atoms with Gasteiger partial charge in [-0.3, -0.25) is 4.68 Å². The van der Waals surface area contributed by atoms with Crippen molar-refractivity contribution in [1.29, 1.82) is 0 Å². The number of thiazole rings is 1. The number of methoxy groups -OCH3 is 1. The average Bonchev–Trinajstić information content (AvgIpc) is 3.07. The van der Waals surface area contributed by atoms with E-state index < -0.39 is 16.0 Å². The largest absolute Gasteiger partial charge is 0.464 e. The molecule has 2 heterocycles. The molecule has 0 aromatic carbocycles. The van der Waals surface area contributed by atoms with Crippen molar-refractivity contribution in [3.8, 4) is 0 Å². The molecule has 2 rings (SSSR count). The molecule has 0 aliphatic heterocycles. The quantitative estimate of drug-likeness (QED) is 0.758. The van der Waals surface area contributed by atoms with Gasteiger partial charge in [-0.1, -0.05) is 0 Å². The van der Waals surface area contributed by atoms with Crippen molar-refractivity contribution >= 4 is 27.3 Å². The Morgan fingerprint density at radius 1 is 1.52 bits per heavy atom. The maximum absolute atomic E-state index is 12.2. The van der Waals surface area contributed by atoms with Crippen molar-refractivity contribution in [2.75, 3.05) is 13.7 Å². The minimum absolute atomic E-state index is 0.139. The molecule has 0 aliphatic carbocycles. The van der Waals surface area contributed by atoms with Gasteiger partial charge in [-0.05, 0) is 6.07 Å². The number of esters is 1. The third kappa shape index (κ3) is 3.46. The molecule has 1 N–H and O–H groups in total. The van der Waals surface area contributed by atoms with E-state index in [9.17, 15) is 13.2 Å². The van der Waals surface area contributed by atoms with Gasteiger partial charge in [-0.25, -0.2) is 22.9 Å². The van der Waals surface area contributed by atoms with Crippen molar-refractivity contribution in [2.24, 2.45) is 7.05 Å². The number of sulfonamides is 1. The summed E-state index contributed by atoms with van der Waals surface area (Å²) in [7, 11) is -0.839. The first kappa shape index (κ1) is 15.6. The summed E-state index contributed by atoms with van der Waals surface area (Å²) in [6.45, 7) is 0.195. The second-order valence-electron chi connectivity index (χ2n) is 4.07. The van der Waals surface area contributed by atoms with Gasteiger partial charge in [0.2, 0.25) is 0 Å². The molecule has 0 fully saturated rings. The normalized spacial score (nSPS) is 11.5. The van der Waals surface area contributed by atoms with Crippen molar-refractivity contribution in [2.45, 2.75) is 10.6 Å². The summed E-state index contributed by atoms with van der Waals surface area (Å²) in [5.41, 5.74) is 1.99. The van der Waals surface area contributed by atoms with Gasteiger partial charge < -0.3 is 4.74 Å². The fourth-order valence-electron chi connectivity index (χ4n) is 1.68. The van der Waals surface area contributed by atoms with Gasteiger partial charge in [0.05, 0.1) is 12.6 Å². The minimum atomic E-state index is -3.79. The first-order valence-corrected chi connectivity index (χ1v) is 8.30. The lowest BCUT2D eigenvalue weighted by molar-refractivity contribution is 0.0590. The van der Waals surface area contributed by atoms with Gasteiger partial charge in [0.1, 0.15) is 0 Å². The van der Waals surface area contributed by atoms with Crippen LogP contribution in [0, 0.1) is 0 Å².